The number of benzene rings is 1. The van der Waals surface area contributed by atoms with Crippen molar-refractivity contribution in [1.29, 1.82) is 0 Å². The molecule has 2 N–H and O–H groups in total. The standard InChI is InChI=1S/C13H17ClF3N/c1-8(2)6-7-11(18)9-4-3-5-10(12(9)14)13(15,16)17/h3-5,8,11H,6-7,18H2,1-2H3/t11-/m0/s1. The molecule has 0 aliphatic heterocycles. The molecule has 1 nitrogen and oxygen atoms in total. The Kier molecular flexibility index (Phi) is 5.05. The van der Waals surface area contributed by atoms with E-state index < -0.39 is 17.8 Å². The minimum atomic E-state index is -4.44. The Balaban J connectivity index is 2.96. The van der Waals surface area contributed by atoms with E-state index in [0.29, 0.717) is 17.9 Å². The maximum absolute atomic E-state index is 12.7. The van der Waals surface area contributed by atoms with Gasteiger partial charge in [0, 0.05) is 6.04 Å². The van der Waals surface area contributed by atoms with Gasteiger partial charge in [0.15, 0.2) is 0 Å². The van der Waals surface area contributed by atoms with Gasteiger partial charge in [0.05, 0.1) is 10.6 Å². The lowest BCUT2D eigenvalue weighted by atomic mass is 9.97. The van der Waals surface area contributed by atoms with Gasteiger partial charge in [0.25, 0.3) is 0 Å². The molecular formula is C13H17ClF3N. The topological polar surface area (TPSA) is 26.0 Å². The van der Waals surface area contributed by atoms with E-state index in [4.69, 9.17) is 17.3 Å². The van der Waals surface area contributed by atoms with Crippen molar-refractivity contribution >= 4 is 11.6 Å². The van der Waals surface area contributed by atoms with Gasteiger partial charge in [-0.2, -0.15) is 13.2 Å². The van der Waals surface area contributed by atoms with Crippen molar-refractivity contribution in [2.45, 2.75) is 38.9 Å². The first-order valence-electron chi connectivity index (χ1n) is 5.84. The van der Waals surface area contributed by atoms with E-state index in [1.165, 1.54) is 6.07 Å². The highest BCUT2D eigenvalue weighted by molar-refractivity contribution is 6.32. The summed E-state index contributed by atoms with van der Waals surface area (Å²) in [5, 5.41) is -0.277. The lowest BCUT2D eigenvalue weighted by Gasteiger charge is -2.18. The Morgan fingerprint density at radius 1 is 1.22 bits per heavy atom. The molecule has 1 rings (SSSR count). The van der Waals surface area contributed by atoms with Gasteiger partial charge in [0.2, 0.25) is 0 Å². The zero-order chi connectivity index (χ0) is 13.9. The van der Waals surface area contributed by atoms with Gasteiger partial charge < -0.3 is 5.73 Å². The van der Waals surface area contributed by atoms with Crippen LogP contribution in [0.4, 0.5) is 13.2 Å². The lowest BCUT2D eigenvalue weighted by Crippen LogP contribution is -2.14. The zero-order valence-corrected chi connectivity index (χ0v) is 11.1. The quantitative estimate of drug-likeness (QED) is 0.842. The molecule has 1 aromatic carbocycles. The largest absolute Gasteiger partial charge is 0.417 e. The molecule has 0 bridgehead atoms. The minimum Gasteiger partial charge on any atom is -0.324 e. The molecule has 0 amide bonds. The summed E-state index contributed by atoms with van der Waals surface area (Å²) in [6.45, 7) is 4.08. The van der Waals surface area contributed by atoms with E-state index in [0.717, 1.165) is 12.5 Å². The van der Waals surface area contributed by atoms with E-state index in [-0.39, 0.29) is 5.02 Å². The fourth-order valence-electron chi connectivity index (χ4n) is 1.72. The molecule has 18 heavy (non-hydrogen) atoms. The van der Waals surface area contributed by atoms with Gasteiger partial charge in [-0.3, -0.25) is 0 Å². The van der Waals surface area contributed by atoms with Crippen molar-refractivity contribution in [2.75, 3.05) is 0 Å². The summed E-state index contributed by atoms with van der Waals surface area (Å²) >= 11 is 5.80. The van der Waals surface area contributed by atoms with Crippen LogP contribution < -0.4 is 5.73 Å². The van der Waals surface area contributed by atoms with E-state index in [1.54, 1.807) is 6.07 Å². The van der Waals surface area contributed by atoms with Crippen LogP contribution in [0.2, 0.25) is 5.02 Å². The third kappa shape index (κ3) is 3.89. The fraction of sp³-hybridized carbons (Fsp3) is 0.538. The normalized spacial score (nSPS) is 14.0. The van der Waals surface area contributed by atoms with Crippen molar-refractivity contribution in [1.82, 2.24) is 0 Å². The van der Waals surface area contributed by atoms with Crippen LogP contribution in [0.3, 0.4) is 0 Å². The lowest BCUT2D eigenvalue weighted by molar-refractivity contribution is -0.137. The summed E-state index contributed by atoms with van der Waals surface area (Å²) < 4.78 is 38.0. The van der Waals surface area contributed by atoms with E-state index in [9.17, 15) is 13.2 Å². The summed E-state index contributed by atoms with van der Waals surface area (Å²) in [7, 11) is 0. The van der Waals surface area contributed by atoms with Gasteiger partial charge in [0.1, 0.15) is 0 Å². The molecule has 0 aliphatic rings. The molecule has 0 unspecified atom stereocenters. The molecule has 1 atom stereocenters. The highest BCUT2D eigenvalue weighted by Gasteiger charge is 2.34. The SMILES string of the molecule is CC(C)CC[C@H](N)c1cccc(C(F)(F)F)c1Cl. The molecule has 5 heteroatoms. The Bertz CT molecular complexity index is 402. The summed E-state index contributed by atoms with van der Waals surface area (Å²) in [4.78, 5) is 0. The van der Waals surface area contributed by atoms with Gasteiger partial charge in [-0.25, -0.2) is 0 Å². The van der Waals surface area contributed by atoms with E-state index in [1.807, 2.05) is 13.8 Å². The van der Waals surface area contributed by atoms with Crippen molar-refractivity contribution in [3.05, 3.63) is 34.3 Å². The van der Waals surface area contributed by atoms with Gasteiger partial charge >= 0.3 is 6.18 Å². The van der Waals surface area contributed by atoms with Crippen LogP contribution in [-0.4, -0.2) is 0 Å². The minimum absolute atomic E-state index is 0.277. The highest BCUT2D eigenvalue weighted by atomic mass is 35.5. The number of hydrogen-bond donors (Lipinski definition) is 1. The molecule has 102 valence electrons. The average Bonchev–Trinajstić information content (AvgIpc) is 2.24. The van der Waals surface area contributed by atoms with Crippen molar-refractivity contribution in [3.8, 4) is 0 Å². The molecule has 0 radical (unpaired) electrons. The fourth-order valence-corrected chi connectivity index (χ4v) is 2.10. The van der Waals surface area contributed by atoms with Gasteiger partial charge in [-0.15, -0.1) is 0 Å². The van der Waals surface area contributed by atoms with Gasteiger partial charge in [-0.05, 0) is 30.4 Å². The first-order valence-corrected chi connectivity index (χ1v) is 6.22. The number of alkyl halides is 3. The maximum Gasteiger partial charge on any atom is 0.417 e. The number of rotatable bonds is 4. The predicted molar refractivity (Wildman–Crippen MR) is 67.5 cm³/mol. The highest BCUT2D eigenvalue weighted by Crippen LogP contribution is 2.38. The number of halogens is 4. The average molecular weight is 280 g/mol. The summed E-state index contributed by atoms with van der Waals surface area (Å²) in [6.07, 6.45) is -2.96. The molecular weight excluding hydrogens is 263 g/mol. The van der Waals surface area contributed by atoms with Crippen molar-refractivity contribution < 1.29 is 13.2 Å². The summed E-state index contributed by atoms with van der Waals surface area (Å²) in [5.41, 5.74) is 5.45. The Morgan fingerprint density at radius 2 is 1.83 bits per heavy atom. The third-order valence-corrected chi connectivity index (χ3v) is 3.21. The number of hydrogen-bond acceptors (Lipinski definition) is 1. The van der Waals surface area contributed by atoms with Crippen molar-refractivity contribution in [2.24, 2.45) is 11.7 Å². The summed E-state index contributed by atoms with van der Waals surface area (Å²) in [6, 6.07) is 3.42. The molecule has 0 aromatic heterocycles. The third-order valence-electron chi connectivity index (χ3n) is 2.79. The molecule has 0 heterocycles. The van der Waals surface area contributed by atoms with Crippen LogP contribution in [-0.2, 0) is 6.18 Å². The van der Waals surface area contributed by atoms with Crippen molar-refractivity contribution in [3.63, 3.8) is 0 Å². The summed E-state index contributed by atoms with van der Waals surface area (Å²) in [5.74, 6) is 0.459. The maximum atomic E-state index is 12.7. The Hall–Kier alpha value is -0.740. The predicted octanol–water partition coefficient (Wildman–Crippen LogP) is 4.79. The second kappa shape index (κ2) is 5.93. The molecule has 0 spiro atoms. The molecule has 0 aliphatic carbocycles. The van der Waals surface area contributed by atoms with Crippen LogP contribution >= 0.6 is 11.6 Å². The van der Waals surface area contributed by atoms with Crippen LogP contribution in [0.1, 0.15) is 43.9 Å². The van der Waals surface area contributed by atoms with Crippen LogP contribution in [0.5, 0.6) is 0 Å². The first-order chi connectivity index (χ1) is 8.23. The smallest absolute Gasteiger partial charge is 0.324 e. The monoisotopic (exact) mass is 279 g/mol. The second-order valence-corrected chi connectivity index (χ2v) is 5.16. The van der Waals surface area contributed by atoms with Crippen LogP contribution in [0, 0.1) is 5.92 Å². The van der Waals surface area contributed by atoms with Crippen LogP contribution in [0.25, 0.3) is 0 Å². The number of nitrogens with two attached hydrogens (primary N) is 1. The van der Waals surface area contributed by atoms with Crippen LogP contribution in [0.15, 0.2) is 18.2 Å². The molecule has 1 aromatic rings. The molecule has 0 fully saturated rings. The zero-order valence-electron chi connectivity index (χ0n) is 10.4. The van der Waals surface area contributed by atoms with Gasteiger partial charge in [-0.1, -0.05) is 37.6 Å². The second-order valence-electron chi connectivity index (χ2n) is 4.78. The molecule has 0 saturated heterocycles. The Morgan fingerprint density at radius 3 is 2.33 bits per heavy atom. The molecule has 0 saturated carbocycles. The van der Waals surface area contributed by atoms with E-state index in [2.05, 4.69) is 0 Å². The first kappa shape index (κ1) is 15.3. The Labute approximate surface area is 110 Å². The van der Waals surface area contributed by atoms with E-state index >= 15 is 0 Å².